The first-order valence-electron chi connectivity index (χ1n) is 5.53. The average molecular weight is 305 g/mol. The summed E-state index contributed by atoms with van der Waals surface area (Å²) in [5.41, 5.74) is 2.38. The third-order valence-electron chi connectivity index (χ3n) is 2.96. The molecule has 0 atom stereocenters. The van der Waals surface area contributed by atoms with Crippen LogP contribution in [0.2, 0.25) is 0 Å². The molecule has 0 saturated carbocycles. The molecule has 1 aromatic heterocycles. The molecule has 0 saturated heterocycles. The van der Waals surface area contributed by atoms with Gasteiger partial charge in [-0.25, -0.2) is 9.37 Å². The van der Waals surface area contributed by atoms with Crippen molar-refractivity contribution in [1.29, 1.82) is 0 Å². The molecule has 90 valence electrons. The highest BCUT2D eigenvalue weighted by atomic mass is 79.9. The fourth-order valence-corrected chi connectivity index (χ4v) is 2.39. The lowest BCUT2D eigenvalue weighted by Gasteiger charge is -2.04. The number of halogens is 2. The summed E-state index contributed by atoms with van der Waals surface area (Å²) in [7, 11) is 1.89. The lowest BCUT2D eigenvalue weighted by Crippen LogP contribution is -1.94. The van der Waals surface area contributed by atoms with Gasteiger partial charge in [0.05, 0.1) is 16.6 Å². The third kappa shape index (κ3) is 1.73. The van der Waals surface area contributed by atoms with E-state index in [0.29, 0.717) is 11.4 Å². The van der Waals surface area contributed by atoms with Crippen LogP contribution in [0.3, 0.4) is 0 Å². The molecule has 0 aliphatic heterocycles. The largest absolute Gasteiger partial charge is 0.327 e. The zero-order valence-electron chi connectivity index (χ0n) is 9.69. The van der Waals surface area contributed by atoms with E-state index in [4.69, 9.17) is 0 Å². The van der Waals surface area contributed by atoms with E-state index in [9.17, 15) is 4.39 Å². The normalized spacial score (nSPS) is 11.1. The molecule has 0 fully saturated rings. The molecule has 3 aromatic rings. The van der Waals surface area contributed by atoms with Gasteiger partial charge in [-0.1, -0.05) is 28.1 Å². The van der Waals surface area contributed by atoms with Crippen molar-refractivity contribution in [3.05, 3.63) is 52.8 Å². The van der Waals surface area contributed by atoms with Gasteiger partial charge in [-0.2, -0.15) is 0 Å². The predicted octanol–water partition coefficient (Wildman–Crippen LogP) is 4.14. The second kappa shape index (κ2) is 4.21. The maximum Gasteiger partial charge on any atom is 0.143 e. The minimum absolute atomic E-state index is 0.275. The Hall–Kier alpha value is -1.68. The molecule has 0 bridgehead atoms. The number of nitrogens with zero attached hydrogens (tertiary/aromatic N) is 2. The van der Waals surface area contributed by atoms with Crippen molar-refractivity contribution in [2.24, 2.45) is 7.05 Å². The summed E-state index contributed by atoms with van der Waals surface area (Å²) in [6, 6.07) is 12.8. The maximum absolute atomic E-state index is 14.0. The number of rotatable bonds is 1. The second-order valence-electron chi connectivity index (χ2n) is 4.11. The van der Waals surface area contributed by atoms with Gasteiger partial charge >= 0.3 is 0 Å². The Bertz CT molecular complexity index is 734. The van der Waals surface area contributed by atoms with E-state index in [1.807, 2.05) is 41.9 Å². The Morgan fingerprint density at radius 3 is 2.67 bits per heavy atom. The number of hydrogen-bond donors (Lipinski definition) is 0. The number of benzene rings is 2. The Morgan fingerprint density at radius 1 is 1.17 bits per heavy atom. The van der Waals surface area contributed by atoms with Crippen molar-refractivity contribution in [2.45, 2.75) is 0 Å². The molecule has 0 aliphatic carbocycles. The van der Waals surface area contributed by atoms with Crippen molar-refractivity contribution < 1.29 is 4.39 Å². The van der Waals surface area contributed by atoms with Crippen LogP contribution in [0.1, 0.15) is 0 Å². The van der Waals surface area contributed by atoms with E-state index in [1.165, 1.54) is 6.07 Å². The number of aromatic nitrogens is 2. The molecule has 18 heavy (non-hydrogen) atoms. The molecule has 2 nitrogen and oxygen atoms in total. The molecular weight excluding hydrogens is 295 g/mol. The van der Waals surface area contributed by atoms with Crippen LogP contribution < -0.4 is 0 Å². The summed E-state index contributed by atoms with van der Waals surface area (Å²) in [4.78, 5) is 4.48. The van der Waals surface area contributed by atoms with Gasteiger partial charge in [0.15, 0.2) is 0 Å². The summed E-state index contributed by atoms with van der Waals surface area (Å²) in [6.07, 6.45) is 0. The fourth-order valence-electron chi connectivity index (χ4n) is 2.06. The summed E-state index contributed by atoms with van der Waals surface area (Å²) >= 11 is 3.25. The molecule has 0 unspecified atom stereocenters. The van der Waals surface area contributed by atoms with Gasteiger partial charge in [0.2, 0.25) is 0 Å². The monoisotopic (exact) mass is 304 g/mol. The van der Waals surface area contributed by atoms with Crippen molar-refractivity contribution in [3.63, 3.8) is 0 Å². The molecule has 0 N–H and O–H groups in total. The van der Waals surface area contributed by atoms with Gasteiger partial charge in [-0.3, -0.25) is 0 Å². The topological polar surface area (TPSA) is 17.8 Å². The number of hydrogen-bond acceptors (Lipinski definition) is 1. The SMILES string of the molecule is Cn1c(-c2ccc(Br)cc2F)nc2ccccc21. The maximum atomic E-state index is 14.0. The third-order valence-corrected chi connectivity index (χ3v) is 3.45. The molecule has 1 heterocycles. The standard InChI is InChI=1S/C14H10BrFN2/c1-18-13-5-3-2-4-12(13)17-14(18)10-7-6-9(15)8-11(10)16/h2-8H,1H3. The Morgan fingerprint density at radius 2 is 1.94 bits per heavy atom. The smallest absolute Gasteiger partial charge is 0.143 e. The number of aryl methyl sites for hydroxylation is 1. The van der Waals surface area contributed by atoms with Crippen LogP contribution >= 0.6 is 15.9 Å². The van der Waals surface area contributed by atoms with Crippen molar-refractivity contribution in [2.75, 3.05) is 0 Å². The van der Waals surface area contributed by atoms with Gasteiger partial charge in [0, 0.05) is 11.5 Å². The quantitative estimate of drug-likeness (QED) is 0.660. The second-order valence-corrected chi connectivity index (χ2v) is 5.02. The molecule has 4 heteroatoms. The number of imidazole rings is 1. The summed E-state index contributed by atoms with van der Waals surface area (Å²) < 4.78 is 16.6. The first-order chi connectivity index (χ1) is 8.66. The Labute approximate surface area is 112 Å². The highest BCUT2D eigenvalue weighted by Gasteiger charge is 2.13. The van der Waals surface area contributed by atoms with Crippen molar-refractivity contribution >= 4 is 27.0 Å². The summed E-state index contributed by atoms with van der Waals surface area (Å²) in [5.74, 6) is 0.365. The van der Waals surface area contributed by atoms with Gasteiger partial charge in [-0.05, 0) is 30.3 Å². The van der Waals surface area contributed by atoms with E-state index < -0.39 is 0 Å². The van der Waals surface area contributed by atoms with Crippen LogP contribution in [-0.2, 0) is 7.05 Å². The fraction of sp³-hybridized carbons (Fsp3) is 0.0714. The lowest BCUT2D eigenvalue weighted by atomic mass is 10.2. The zero-order chi connectivity index (χ0) is 12.7. The minimum atomic E-state index is -0.275. The lowest BCUT2D eigenvalue weighted by molar-refractivity contribution is 0.628. The number of para-hydroxylation sites is 2. The van der Waals surface area contributed by atoms with E-state index in [2.05, 4.69) is 20.9 Å². The Kier molecular flexibility index (Phi) is 2.67. The van der Waals surface area contributed by atoms with Gasteiger partial charge in [-0.15, -0.1) is 0 Å². The van der Waals surface area contributed by atoms with E-state index >= 15 is 0 Å². The van der Waals surface area contributed by atoms with E-state index in [1.54, 1.807) is 6.07 Å². The molecular formula is C14H10BrFN2. The van der Waals surface area contributed by atoms with Crippen molar-refractivity contribution in [1.82, 2.24) is 9.55 Å². The van der Waals surface area contributed by atoms with Gasteiger partial charge in [0.25, 0.3) is 0 Å². The van der Waals surface area contributed by atoms with E-state index in [0.717, 1.165) is 15.5 Å². The van der Waals surface area contributed by atoms with Gasteiger partial charge in [0.1, 0.15) is 11.6 Å². The van der Waals surface area contributed by atoms with Crippen molar-refractivity contribution in [3.8, 4) is 11.4 Å². The molecule has 0 spiro atoms. The average Bonchev–Trinajstić information content (AvgIpc) is 2.68. The number of fused-ring (bicyclic) bond motifs is 1. The van der Waals surface area contributed by atoms with Crippen LogP contribution in [0, 0.1) is 5.82 Å². The molecule has 0 radical (unpaired) electrons. The highest BCUT2D eigenvalue weighted by molar-refractivity contribution is 9.10. The van der Waals surface area contributed by atoms with Crippen LogP contribution in [0.4, 0.5) is 4.39 Å². The first kappa shape index (κ1) is 11.4. The molecule has 3 rings (SSSR count). The first-order valence-corrected chi connectivity index (χ1v) is 6.33. The zero-order valence-corrected chi connectivity index (χ0v) is 11.3. The minimum Gasteiger partial charge on any atom is -0.327 e. The molecule has 0 aliphatic rings. The highest BCUT2D eigenvalue weighted by Crippen LogP contribution is 2.27. The predicted molar refractivity (Wildman–Crippen MR) is 73.8 cm³/mol. The van der Waals surface area contributed by atoms with E-state index in [-0.39, 0.29) is 5.82 Å². The van der Waals surface area contributed by atoms with Crippen LogP contribution in [0.25, 0.3) is 22.4 Å². The van der Waals surface area contributed by atoms with Crippen LogP contribution in [0.15, 0.2) is 46.9 Å². The van der Waals surface area contributed by atoms with Crippen LogP contribution in [-0.4, -0.2) is 9.55 Å². The molecule has 2 aromatic carbocycles. The van der Waals surface area contributed by atoms with Gasteiger partial charge < -0.3 is 4.57 Å². The summed E-state index contributed by atoms with van der Waals surface area (Å²) in [6.45, 7) is 0. The Balaban J connectivity index is 2.28. The molecule has 0 amide bonds. The summed E-state index contributed by atoms with van der Waals surface area (Å²) in [5, 5.41) is 0. The van der Waals surface area contributed by atoms with Crippen LogP contribution in [0.5, 0.6) is 0 Å².